The Balaban J connectivity index is 0.00000420. The number of hydrogen-bond donors (Lipinski definition) is 2. The third-order valence-corrected chi connectivity index (χ3v) is 6.01. The Morgan fingerprint density at radius 3 is 2.40 bits per heavy atom. The second-order valence-corrected chi connectivity index (χ2v) is 8.53. The van der Waals surface area contributed by atoms with Gasteiger partial charge in [0, 0.05) is 44.9 Å². The van der Waals surface area contributed by atoms with Gasteiger partial charge in [-0.15, -0.1) is 24.8 Å². The number of aliphatic hydroxyl groups excluding tert-OH is 1. The SMILES string of the molecule is CCCCCC[NH+]=C(O)SCCCN1CCN(CC=Cc2ccccc2)CC1.Cl.Cl. The summed E-state index contributed by atoms with van der Waals surface area (Å²) in [5, 5.41) is 10.3. The van der Waals surface area contributed by atoms with Crippen LogP contribution in [-0.4, -0.2) is 71.7 Å². The first-order chi connectivity index (χ1) is 13.8. The van der Waals surface area contributed by atoms with Gasteiger partial charge < -0.3 is 10.0 Å². The molecule has 1 heterocycles. The molecule has 30 heavy (non-hydrogen) atoms. The highest BCUT2D eigenvalue weighted by Crippen LogP contribution is 2.07. The van der Waals surface area contributed by atoms with E-state index >= 15 is 0 Å². The molecule has 1 saturated heterocycles. The van der Waals surface area contributed by atoms with Gasteiger partial charge in [-0.05, 0) is 36.7 Å². The third kappa shape index (κ3) is 13.6. The van der Waals surface area contributed by atoms with E-state index in [1.165, 1.54) is 24.8 Å². The Hall–Kier alpha value is -0.720. The molecule has 1 aromatic carbocycles. The van der Waals surface area contributed by atoms with Crippen LogP contribution < -0.4 is 4.99 Å². The topological polar surface area (TPSA) is 40.7 Å². The highest BCUT2D eigenvalue weighted by Gasteiger charge is 2.15. The molecule has 0 radical (unpaired) electrons. The lowest BCUT2D eigenvalue weighted by molar-refractivity contribution is -0.463. The van der Waals surface area contributed by atoms with E-state index in [4.69, 9.17) is 0 Å². The fourth-order valence-corrected chi connectivity index (χ4v) is 4.02. The lowest BCUT2D eigenvalue weighted by atomic mass is 10.2. The predicted octanol–water partition coefficient (Wildman–Crippen LogP) is 3.86. The van der Waals surface area contributed by atoms with Crippen molar-refractivity contribution in [2.75, 3.05) is 51.6 Å². The van der Waals surface area contributed by atoms with Crippen LogP contribution in [0.4, 0.5) is 0 Å². The molecule has 0 saturated carbocycles. The summed E-state index contributed by atoms with van der Waals surface area (Å²) in [6, 6.07) is 10.5. The van der Waals surface area contributed by atoms with Crippen LogP contribution in [-0.2, 0) is 0 Å². The number of rotatable bonds is 12. The lowest BCUT2D eigenvalue weighted by Crippen LogP contribution is -2.72. The average Bonchev–Trinajstić information content (AvgIpc) is 2.73. The zero-order valence-corrected chi connectivity index (χ0v) is 20.7. The predicted molar refractivity (Wildman–Crippen MR) is 138 cm³/mol. The molecular weight excluding hydrogens is 437 g/mol. The maximum Gasteiger partial charge on any atom is 0.396 e. The van der Waals surface area contributed by atoms with E-state index in [1.54, 1.807) is 11.8 Å². The van der Waals surface area contributed by atoms with Crippen molar-refractivity contribution in [1.29, 1.82) is 0 Å². The molecule has 1 aromatic rings. The molecule has 0 unspecified atom stereocenters. The summed E-state index contributed by atoms with van der Waals surface area (Å²) in [4.78, 5) is 8.19. The molecule has 0 aromatic heterocycles. The maximum absolute atomic E-state index is 9.88. The van der Waals surface area contributed by atoms with Gasteiger partial charge in [-0.2, -0.15) is 0 Å². The number of thioether (sulfide) groups is 1. The van der Waals surface area contributed by atoms with Crippen LogP contribution in [0.1, 0.15) is 44.6 Å². The zero-order chi connectivity index (χ0) is 19.9. The van der Waals surface area contributed by atoms with E-state index in [0.717, 1.165) is 64.4 Å². The van der Waals surface area contributed by atoms with Gasteiger partial charge in [0.15, 0.2) is 0 Å². The summed E-state index contributed by atoms with van der Waals surface area (Å²) in [6.07, 6.45) is 10.5. The standard InChI is InChI=1S/C23H37N3OS.2ClH/c1-2-3-4-8-14-24-23(27)28-21-10-16-26-19-17-25(18-20-26)15-9-13-22-11-6-5-7-12-22;;/h5-7,9,11-13H,2-4,8,10,14-21H2,1H3,(H,24,27);2*1H/p+1. The largest absolute Gasteiger partial charge is 0.455 e. The number of hydrogen-bond acceptors (Lipinski definition) is 3. The van der Waals surface area contributed by atoms with Crippen LogP contribution in [0.15, 0.2) is 36.4 Å². The molecule has 0 spiro atoms. The minimum Gasteiger partial charge on any atom is -0.455 e. The van der Waals surface area contributed by atoms with Crippen molar-refractivity contribution in [3.8, 4) is 0 Å². The lowest BCUT2D eigenvalue weighted by Gasteiger charge is -2.34. The summed E-state index contributed by atoms with van der Waals surface area (Å²) in [6.45, 7) is 9.85. The molecule has 2 rings (SSSR count). The van der Waals surface area contributed by atoms with Crippen molar-refractivity contribution in [3.63, 3.8) is 0 Å². The molecule has 4 nitrogen and oxygen atoms in total. The van der Waals surface area contributed by atoms with Crippen LogP contribution >= 0.6 is 36.6 Å². The van der Waals surface area contributed by atoms with E-state index in [1.807, 2.05) is 0 Å². The second-order valence-electron chi connectivity index (χ2n) is 7.45. The Morgan fingerprint density at radius 2 is 1.70 bits per heavy atom. The highest BCUT2D eigenvalue weighted by molar-refractivity contribution is 8.13. The minimum atomic E-state index is 0. The van der Waals surface area contributed by atoms with E-state index in [2.05, 4.69) is 64.2 Å². The molecule has 2 N–H and O–H groups in total. The zero-order valence-electron chi connectivity index (χ0n) is 18.3. The summed E-state index contributed by atoms with van der Waals surface area (Å²) in [5.41, 5.74) is 1.27. The molecule has 1 fully saturated rings. The molecule has 7 heteroatoms. The quantitative estimate of drug-likeness (QED) is 0.273. The number of nitrogens with one attached hydrogen (secondary N) is 1. The van der Waals surface area contributed by atoms with Crippen molar-refractivity contribution in [2.45, 2.75) is 39.0 Å². The van der Waals surface area contributed by atoms with Crippen molar-refractivity contribution < 1.29 is 10.1 Å². The summed E-state index contributed by atoms with van der Waals surface area (Å²) in [7, 11) is 0. The first kappa shape index (κ1) is 29.3. The smallest absolute Gasteiger partial charge is 0.396 e. The van der Waals surface area contributed by atoms with Crippen molar-refractivity contribution in [3.05, 3.63) is 42.0 Å². The Labute approximate surface area is 200 Å². The fourth-order valence-electron chi connectivity index (χ4n) is 3.35. The van der Waals surface area contributed by atoms with Crippen LogP contribution in [0.2, 0.25) is 0 Å². The summed E-state index contributed by atoms with van der Waals surface area (Å²) >= 11 is 1.55. The van der Waals surface area contributed by atoms with E-state index in [0.29, 0.717) is 5.23 Å². The number of aliphatic hydroxyl groups is 1. The van der Waals surface area contributed by atoms with Crippen LogP contribution in [0.5, 0.6) is 0 Å². The molecule has 1 aliphatic rings. The van der Waals surface area contributed by atoms with E-state index in [-0.39, 0.29) is 24.8 Å². The molecule has 1 aliphatic heterocycles. The highest BCUT2D eigenvalue weighted by atomic mass is 35.5. The van der Waals surface area contributed by atoms with Gasteiger partial charge in [0.05, 0.1) is 0 Å². The van der Waals surface area contributed by atoms with Gasteiger partial charge in [0.25, 0.3) is 0 Å². The van der Waals surface area contributed by atoms with Crippen LogP contribution in [0.25, 0.3) is 6.08 Å². The van der Waals surface area contributed by atoms with Crippen LogP contribution in [0.3, 0.4) is 0 Å². The molecular formula is C23H40Cl2N3OS+. The van der Waals surface area contributed by atoms with Crippen molar-refractivity contribution in [2.24, 2.45) is 0 Å². The van der Waals surface area contributed by atoms with Gasteiger partial charge >= 0.3 is 5.23 Å². The Bertz CT molecular complexity index is 579. The first-order valence-corrected chi connectivity index (χ1v) is 11.9. The molecule has 0 aliphatic carbocycles. The number of halogens is 2. The summed E-state index contributed by atoms with van der Waals surface area (Å²) in [5.74, 6) is 0.980. The minimum absolute atomic E-state index is 0. The number of benzene rings is 1. The monoisotopic (exact) mass is 476 g/mol. The molecule has 0 atom stereocenters. The Kier molecular flexibility index (Phi) is 18.5. The summed E-state index contributed by atoms with van der Waals surface area (Å²) < 4.78 is 0. The first-order valence-electron chi connectivity index (χ1n) is 10.9. The van der Waals surface area contributed by atoms with Gasteiger partial charge in [-0.25, -0.2) is 4.99 Å². The normalized spacial score (nSPS) is 15.7. The fraction of sp³-hybridized carbons (Fsp3) is 0.609. The van der Waals surface area contributed by atoms with Gasteiger partial charge in [-0.1, -0.05) is 62.2 Å². The maximum atomic E-state index is 9.88. The second kappa shape index (κ2) is 19.0. The average molecular weight is 478 g/mol. The van der Waals surface area contributed by atoms with Gasteiger partial charge in [0.2, 0.25) is 0 Å². The van der Waals surface area contributed by atoms with Crippen molar-refractivity contribution in [1.82, 2.24) is 9.80 Å². The Morgan fingerprint density at radius 1 is 1.00 bits per heavy atom. The number of unbranched alkanes of at least 4 members (excludes halogenated alkanes) is 3. The van der Waals surface area contributed by atoms with Gasteiger partial charge in [0.1, 0.15) is 6.54 Å². The third-order valence-electron chi connectivity index (χ3n) is 5.10. The number of nitrogens with zero attached hydrogens (tertiary/aromatic N) is 2. The van der Waals surface area contributed by atoms with Crippen LogP contribution in [0, 0.1) is 0 Å². The number of piperazine rings is 1. The molecule has 0 bridgehead atoms. The molecule has 0 amide bonds. The van der Waals surface area contributed by atoms with E-state index < -0.39 is 0 Å². The molecule has 172 valence electrons. The van der Waals surface area contributed by atoms with Gasteiger partial charge in [-0.3, -0.25) is 4.90 Å². The van der Waals surface area contributed by atoms with E-state index in [9.17, 15) is 5.11 Å². The van der Waals surface area contributed by atoms with Crippen molar-refractivity contribution >= 4 is 47.9 Å².